The molecule has 29 heavy (non-hydrogen) atoms. The second kappa shape index (κ2) is 9.20. The molecule has 0 radical (unpaired) electrons. The predicted octanol–water partition coefficient (Wildman–Crippen LogP) is 0.445. The maximum Gasteiger partial charge on any atom is 0.245 e. The van der Waals surface area contributed by atoms with Crippen molar-refractivity contribution in [2.24, 2.45) is 5.73 Å². The zero-order chi connectivity index (χ0) is 20.8. The van der Waals surface area contributed by atoms with Crippen LogP contribution in [0.4, 0.5) is 5.69 Å². The normalized spacial score (nSPS) is 13.9. The van der Waals surface area contributed by atoms with Gasteiger partial charge in [-0.15, -0.1) is 0 Å². The molecule has 6 N–H and O–H groups in total. The van der Waals surface area contributed by atoms with Crippen molar-refractivity contribution in [3.8, 4) is 0 Å². The SMILES string of the molecule is N=C(N)c1cccc(NC(CO)C(=O)NCC(=O)N2CCc3ccccc3C2)c1. The highest BCUT2D eigenvalue weighted by Gasteiger charge is 2.23. The molecule has 1 unspecified atom stereocenters. The van der Waals surface area contributed by atoms with Crippen LogP contribution in [-0.2, 0) is 22.6 Å². The molecular formula is C21H25N5O3. The van der Waals surface area contributed by atoms with Crippen molar-refractivity contribution in [1.82, 2.24) is 10.2 Å². The molecule has 8 heteroatoms. The topological polar surface area (TPSA) is 132 Å². The molecule has 152 valence electrons. The van der Waals surface area contributed by atoms with Gasteiger partial charge in [0.25, 0.3) is 0 Å². The van der Waals surface area contributed by atoms with E-state index in [1.54, 1.807) is 29.2 Å². The molecule has 2 amide bonds. The van der Waals surface area contributed by atoms with Gasteiger partial charge in [0.05, 0.1) is 13.2 Å². The number of hydrogen-bond donors (Lipinski definition) is 5. The van der Waals surface area contributed by atoms with Crippen molar-refractivity contribution in [2.45, 2.75) is 19.0 Å². The molecule has 0 spiro atoms. The fourth-order valence-corrected chi connectivity index (χ4v) is 3.28. The molecule has 1 aliphatic rings. The summed E-state index contributed by atoms with van der Waals surface area (Å²) in [5.41, 5.74) is 8.90. The van der Waals surface area contributed by atoms with Crippen LogP contribution in [0.3, 0.4) is 0 Å². The first-order chi connectivity index (χ1) is 14.0. The van der Waals surface area contributed by atoms with Gasteiger partial charge in [0.15, 0.2) is 0 Å². The van der Waals surface area contributed by atoms with Crippen LogP contribution in [0, 0.1) is 5.41 Å². The van der Waals surface area contributed by atoms with Crippen molar-refractivity contribution in [2.75, 3.05) is 25.0 Å². The minimum Gasteiger partial charge on any atom is -0.394 e. The molecule has 2 aromatic carbocycles. The summed E-state index contributed by atoms with van der Waals surface area (Å²) in [5.74, 6) is -0.734. The van der Waals surface area contributed by atoms with Gasteiger partial charge in [-0.25, -0.2) is 0 Å². The lowest BCUT2D eigenvalue weighted by molar-refractivity contribution is -0.134. The maximum atomic E-state index is 12.5. The van der Waals surface area contributed by atoms with Crippen molar-refractivity contribution in [3.05, 3.63) is 65.2 Å². The van der Waals surface area contributed by atoms with E-state index in [0.717, 1.165) is 12.0 Å². The Morgan fingerprint density at radius 3 is 2.66 bits per heavy atom. The zero-order valence-electron chi connectivity index (χ0n) is 16.0. The van der Waals surface area contributed by atoms with E-state index >= 15 is 0 Å². The molecule has 0 aliphatic carbocycles. The molecule has 0 aromatic heterocycles. The second-order valence-corrected chi connectivity index (χ2v) is 6.93. The third kappa shape index (κ3) is 5.11. The molecule has 8 nitrogen and oxygen atoms in total. The van der Waals surface area contributed by atoms with Crippen molar-refractivity contribution in [1.29, 1.82) is 5.41 Å². The van der Waals surface area contributed by atoms with Crippen LogP contribution in [-0.4, -0.2) is 53.4 Å². The lowest BCUT2D eigenvalue weighted by Gasteiger charge is -2.29. The highest BCUT2D eigenvalue weighted by Crippen LogP contribution is 2.18. The Hall–Kier alpha value is -3.39. The Balaban J connectivity index is 1.54. The Kier molecular flexibility index (Phi) is 6.46. The minimum atomic E-state index is -0.924. The monoisotopic (exact) mass is 395 g/mol. The average molecular weight is 395 g/mol. The van der Waals surface area contributed by atoms with Gasteiger partial charge < -0.3 is 26.4 Å². The molecule has 2 aromatic rings. The largest absolute Gasteiger partial charge is 0.394 e. The standard InChI is InChI=1S/C21H25N5O3/c22-20(23)15-6-3-7-17(10-15)25-18(13-27)21(29)24-11-19(28)26-9-8-14-4-1-2-5-16(14)12-26/h1-7,10,18,25,27H,8-9,11-13H2,(H3,22,23)(H,24,29). The lowest BCUT2D eigenvalue weighted by atomic mass is 10.00. The summed E-state index contributed by atoms with van der Waals surface area (Å²) >= 11 is 0. The zero-order valence-corrected chi connectivity index (χ0v) is 16.0. The van der Waals surface area contributed by atoms with Crippen LogP contribution in [0.5, 0.6) is 0 Å². The lowest BCUT2D eigenvalue weighted by Crippen LogP contribution is -2.47. The Morgan fingerprint density at radius 1 is 1.17 bits per heavy atom. The second-order valence-electron chi connectivity index (χ2n) is 6.93. The number of nitrogens with two attached hydrogens (primary N) is 1. The van der Waals surface area contributed by atoms with Gasteiger partial charge in [-0.05, 0) is 29.7 Å². The minimum absolute atomic E-state index is 0.0904. The van der Waals surface area contributed by atoms with Gasteiger partial charge >= 0.3 is 0 Å². The van der Waals surface area contributed by atoms with E-state index in [4.69, 9.17) is 11.1 Å². The summed E-state index contributed by atoms with van der Waals surface area (Å²) in [7, 11) is 0. The quantitative estimate of drug-likeness (QED) is 0.343. The number of amidine groups is 1. The number of nitrogens with zero attached hydrogens (tertiary/aromatic N) is 1. The number of anilines is 1. The van der Waals surface area contributed by atoms with E-state index < -0.39 is 18.6 Å². The molecule has 3 rings (SSSR count). The number of nitrogen functional groups attached to an aromatic ring is 1. The van der Waals surface area contributed by atoms with E-state index in [0.29, 0.717) is 24.3 Å². The summed E-state index contributed by atoms with van der Waals surface area (Å²) < 4.78 is 0. The van der Waals surface area contributed by atoms with Crippen molar-refractivity contribution >= 4 is 23.3 Å². The van der Waals surface area contributed by atoms with E-state index in [1.165, 1.54) is 5.56 Å². The number of carbonyl (C=O) groups excluding carboxylic acids is 2. The first kappa shape index (κ1) is 20.3. The van der Waals surface area contributed by atoms with Gasteiger partial charge in [-0.1, -0.05) is 36.4 Å². The Labute approximate surface area is 169 Å². The fraction of sp³-hybridized carbons (Fsp3) is 0.286. The Bertz CT molecular complexity index is 915. The maximum absolute atomic E-state index is 12.5. The van der Waals surface area contributed by atoms with E-state index in [2.05, 4.69) is 16.7 Å². The van der Waals surface area contributed by atoms with Crippen molar-refractivity contribution in [3.63, 3.8) is 0 Å². The van der Waals surface area contributed by atoms with Crippen molar-refractivity contribution < 1.29 is 14.7 Å². The third-order valence-electron chi connectivity index (χ3n) is 4.91. The Morgan fingerprint density at radius 2 is 1.93 bits per heavy atom. The van der Waals surface area contributed by atoms with Gasteiger partial charge in [-0.3, -0.25) is 15.0 Å². The van der Waals surface area contributed by atoms with Gasteiger partial charge in [0.1, 0.15) is 11.9 Å². The molecule has 0 saturated heterocycles. The molecule has 0 bridgehead atoms. The van der Waals surface area contributed by atoms with Gasteiger partial charge in [0.2, 0.25) is 11.8 Å². The van der Waals surface area contributed by atoms with E-state index in [1.807, 2.05) is 18.2 Å². The fourth-order valence-electron chi connectivity index (χ4n) is 3.28. The first-order valence-corrected chi connectivity index (χ1v) is 9.42. The highest BCUT2D eigenvalue weighted by atomic mass is 16.3. The third-order valence-corrected chi connectivity index (χ3v) is 4.91. The molecule has 0 saturated carbocycles. The highest BCUT2D eigenvalue weighted by molar-refractivity contribution is 5.96. The summed E-state index contributed by atoms with van der Waals surface area (Å²) in [6.07, 6.45) is 0.795. The summed E-state index contributed by atoms with van der Waals surface area (Å²) in [6.45, 7) is 0.573. The van der Waals surface area contributed by atoms with Crippen LogP contribution >= 0.6 is 0 Å². The number of benzene rings is 2. The number of aliphatic hydroxyl groups excluding tert-OH is 1. The number of nitrogens with one attached hydrogen (secondary N) is 3. The smallest absolute Gasteiger partial charge is 0.245 e. The number of aliphatic hydroxyl groups is 1. The van der Waals surface area contributed by atoms with E-state index in [9.17, 15) is 14.7 Å². The molecule has 1 heterocycles. The molecule has 0 fully saturated rings. The number of hydrogen-bond acceptors (Lipinski definition) is 5. The number of fused-ring (bicyclic) bond motifs is 1. The summed E-state index contributed by atoms with van der Waals surface area (Å²) in [6, 6.07) is 13.8. The van der Waals surface area contributed by atoms with E-state index in [-0.39, 0.29) is 18.3 Å². The van der Waals surface area contributed by atoms with Crippen LogP contribution < -0.4 is 16.4 Å². The van der Waals surface area contributed by atoms with Crippen LogP contribution in [0.15, 0.2) is 48.5 Å². The van der Waals surface area contributed by atoms with Gasteiger partial charge in [-0.2, -0.15) is 0 Å². The molecular weight excluding hydrogens is 370 g/mol. The number of amides is 2. The average Bonchev–Trinajstić information content (AvgIpc) is 2.75. The van der Waals surface area contributed by atoms with Crippen LogP contribution in [0.2, 0.25) is 0 Å². The summed E-state index contributed by atoms with van der Waals surface area (Å²) in [5, 5.41) is 22.5. The van der Waals surface area contributed by atoms with Gasteiger partial charge in [0, 0.05) is 24.3 Å². The number of carbonyl (C=O) groups is 2. The predicted molar refractivity (Wildman–Crippen MR) is 111 cm³/mol. The van der Waals surface area contributed by atoms with Crippen LogP contribution in [0.1, 0.15) is 16.7 Å². The molecule has 1 aliphatic heterocycles. The number of rotatable bonds is 7. The first-order valence-electron chi connectivity index (χ1n) is 9.42. The summed E-state index contributed by atoms with van der Waals surface area (Å²) in [4.78, 5) is 26.6. The van der Waals surface area contributed by atoms with Crippen LogP contribution in [0.25, 0.3) is 0 Å². The molecule has 1 atom stereocenters.